The summed E-state index contributed by atoms with van der Waals surface area (Å²) in [6.07, 6.45) is 3.37. The quantitative estimate of drug-likeness (QED) is 0.0908. The minimum atomic E-state index is -0.964. The van der Waals surface area contributed by atoms with Crippen molar-refractivity contribution in [3.8, 4) is 0 Å². The van der Waals surface area contributed by atoms with Crippen LogP contribution in [0.25, 0.3) is 0 Å². The zero-order valence-corrected chi connectivity index (χ0v) is 29.1. The molecule has 0 heterocycles. The Bertz CT molecular complexity index is 1180. The zero-order chi connectivity index (χ0) is 35.6. The molecular formula is C34H56N6O7. The highest BCUT2D eigenvalue weighted by Crippen LogP contribution is 2.18. The lowest BCUT2D eigenvalue weighted by atomic mass is 9.97. The molecule has 47 heavy (non-hydrogen) atoms. The number of hydrogen-bond acceptors (Lipinski definition) is 7. The van der Waals surface area contributed by atoms with Crippen molar-refractivity contribution in [3.63, 3.8) is 0 Å². The third kappa shape index (κ3) is 17.9. The maximum atomic E-state index is 13.3. The molecule has 0 saturated heterocycles. The van der Waals surface area contributed by atoms with Crippen LogP contribution in [0.2, 0.25) is 0 Å². The Hall–Kier alpha value is -4.16. The molecule has 0 saturated carbocycles. The van der Waals surface area contributed by atoms with E-state index in [4.69, 9.17) is 10.5 Å². The molecule has 1 rings (SSSR count). The molecule has 1 unspecified atom stereocenters. The molecule has 1 aromatic carbocycles. The van der Waals surface area contributed by atoms with Gasteiger partial charge >= 0.3 is 12.0 Å². The topological polar surface area (TPSA) is 198 Å². The summed E-state index contributed by atoms with van der Waals surface area (Å²) in [5.74, 6) is -1.51. The number of anilines is 1. The third-order valence-corrected chi connectivity index (χ3v) is 7.07. The Morgan fingerprint density at radius 2 is 1.43 bits per heavy atom. The Labute approximate surface area is 279 Å². The molecule has 0 spiro atoms. The van der Waals surface area contributed by atoms with Gasteiger partial charge in [-0.1, -0.05) is 46.2 Å². The van der Waals surface area contributed by atoms with E-state index >= 15 is 0 Å². The van der Waals surface area contributed by atoms with Gasteiger partial charge in [-0.3, -0.25) is 24.0 Å². The van der Waals surface area contributed by atoms with Crippen molar-refractivity contribution in [2.24, 2.45) is 23.0 Å². The van der Waals surface area contributed by atoms with E-state index in [0.29, 0.717) is 37.4 Å². The molecular weight excluding hydrogens is 604 g/mol. The molecule has 1 aromatic rings. The normalized spacial score (nSPS) is 12.5. The van der Waals surface area contributed by atoms with Crippen LogP contribution >= 0.6 is 0 Å². The zero-order valence-electron chi connectivity index (χ0n) is 29.1. The molecule has 0 aromatic heterocycles. The van der Waals surface area contributed by atoms with Crippen LogP contribution in [0.1, 0.15) is 99.0 Å². The van der Waals surface area contributed by atoms with Gasteiger partial charge in [-0.25, -0.2) is 4.79 Å². The number of amides is 6. The lowest BCUT2D eigenvalue weighted by Crippen LogP contribution is -2.54. The minimum Gasteiger partial charge on any atom is -0.460 e. The summed E-state index contributed by atoms with van der Waals surface area (Å²) in [6.45, 7) is 13.7. The van der Waals surface area contributed by atoms with Crippen LogP contribution in [0.3, 0.4) is 0 Å². The van der Waals surface area contributed by atoms with Gasteiger partial charge in [0.1, 0.15) is 18.7 Å². The van der Waals surface area contributed by atoms with E-state index in [0.717, 1.165) is 18.4 Å². The maximum absolute atomic E-state index is 13.3. The van der Waals surface area contributed by atoms with Crippen molar-refractivity contribution >= 4 is 41.3 Å². The maximum Gasteiger partial charge on any atom is 0.312 e. The first kappa shape index (κ1) is 40.9. The lowest BCUT2D eigenvalue weighted by molar-refractivity contribution is -0.154. The van der Waals surface area contributed by atoms with Crippen molar-refractivity contribution in [1.82, 2.24) is 21.3 Å². The number of nitrogens with one attached hydrogen (secondary N) is 5. The molecule has 0 aliphatic heterocycles. The summed E-state index contributed by atoms with van der Waals surface area (Å²) in [5, 5.41) is 13.7. The van der Waals surface area contributed by atoms with Crippen molar-refractivity contribution in [2.75, 3.05) is 18.4 Å². The van der Waals surface area contributed by atoms with Gasteiger partial charge in [0, 0.05) is 31.6 Å². The SMILES string of the molecule is CC(C)CC(=O)NCCCCCC(=O)NC(C(=O)N[C@@H](CCCNC(N)=O)C(=O)Nc1ccc(COC(=O)C(C)(C)C)cc1)C(C)C. The Balaban J connectivity index is 2.77. The fourth-order valence-electron chi connectivity index (χ4n) is 4.37. The van der Waals surface area contributed by atoms with Gasteiger partial charge in [0.05, 0.1) is 5.41 Å². The van der Waals surface area contributed by atoms with E-state index in [9.17, 15) is 28.8 Å². The van der Waals surface area contributed by atoms with Crippen molar-refractivity contribution < 1.29 is 33.5 Å². The van der Waals surface area contributed by atoms with Crippen LogP contribution in [0.4, 0.5) is 10.5 Å². The summed E-state index contributed by atoms with van der Waals surface area (Å²) in [6, 6.07) is 4.26. The summed E-state index contributed by atoms with van der Waals surface area (Å²) in [7, 11) is 0. The molecule has 0 aliphatic carbocycles. The number of primary amides is 1. The fourth-order valence-corrected chi connectivity index (χ4v) is 4.37. The first-order valence-electron chi connectivity index (χ1n) is 16.5. The van der Waals surface area contributed by atoms with Gasteiger partial charge in [0.25, 0.3) is 0 Å². The Kier molecular flexibility index (Phi) is 18.1. The summed E-state index contributed by atoms with van der Waals surface area (Å²) in [4.78, 5) is 74.3. The van der Waals surface area contributed by atoms with E-state index in [-0.39, 0.29) is 49.7 Å². The fraction of sp³-hybridized carbons (Fsp3) is 0.647. The summed E-state index contributed by atoms with van der Waals surface area (Å²) in [5.41, 5.74) is 5.74. The molecule has 13 nitrogen and oxygen atoms in total. The van der Waals surface area contributed by atoms with E-state index in [1.807, 2.05) is 13.8 Å². The number of ether oxygens (including phenoxy) is 1. The predicted octanol–water partition coefficient (Wildman–Crippen LogP) is 3.51. The van der Waals surface area contributed by atoms with Crippen LogP contribution in [0.5, 0.6) is 0 Å². The molecule has 7 N–H and O–H groups in total. The number of carbonyl (C=O) groups is 6. The Morgan fingerprint density at radius 1 is 0.787 bits per heavy atom. The summed E-state index contributed by atoms with van der Waals surface area (Å²) < 4.78 is 5.34. The average molecular weight is 661 g/mol. The molecule has 0 radical (unpaired) electrons. The number of benzene rings is 1. The van der Waals surface area contributed by atoms with Crippen molar-refractivity contribution in [2.45, 2.75) is 112 Å². The van der Waals surface area contributed by atoms with Crippen LogP contribution in [-0.2, 0) is 35.3 Å². The van der Waals surface area contributed by atoms with Gasteiger partial charge in [0.15, 0.2) is 0 Å². The van der Waals surface area contributed by atoms with Crippen LogP contribution in [-0.4, -0.2) is 60.8 Å². The molecule has 6 amide bonds. The molecule has 2 atom stereocenters. The highest BCUT2D eigenvalue weighted by atomic mass is 16.5. The second-order valence-corrected chi connectivity index (χ2v) is 13.6. The van der Waals surface area contributed by atoms with Crippen molar-refractivity contribution in [3.05, 3.63) is 29.8 Å². The highest BCUT2D eigenvalue weighted by molar-refractivity contribution is 5.98. The second kappa shape index (κ2) is 20.9. The van der Waals surface area contributed by atoms with E-state index in [2.05, 4.69) is 26.6 Å². The first-order chi connectivity index (χ1) is 22.0. The van der Waals surface area contributed by atoms with Gasteiger partial charge < -0.3 is 37.1 Å². The lowest BCUT2D eigenvalue weighted by Gasteiger charge is -2.25. The molecule has 0 bridgehead atoms. The number of rotatable bonds is 20. The molecule has 264 valence electrons. The van der Waals surface area contributed by atoms with Gasteiger partial charge in [-0.2, -0.15) is 0 Å². The number of hydrogen-bond donors (Lipinski definition) is 6. The van der Waals surface area contributed by atoms with Crippen LogP contribution < -0.4 is 32.3 Å². The van der Waals surface area contributed by atoms with E-state index in [1.54, 1.807) is 58.9 Å². The van der Waals surface area contributed by atoms with Gasteiger partial charge in [0.2, 0.25) is 23.6 Å². The van der Waals surface area contributed by atoms with Crippen LogP contribution in [0, 0.1) is 17.3 Å². The van der Waals surface area contributed by atoms with Gasteiger partial charge in [-0.15, -0.1) is 0 Å². The average Bonchev–Trinajstić information content (AvgIpc) is 2.97. The monoisotopic (exact) mass is 660 g/mol. The van der Waals surface area contributed by atoms with Gasteiger partial charge in [-0.05, 0) is 76.0 Å². The predicted molar refractivity (Wildman–Crippen MR) is 181 cm³/mol. The van der Waals surface area contributed by atoms with E-state index < -0.39 is 35.3 Å². The third-order valence-electron chi connectivity index (χ3n) is 7.07. The number of nitrogens with two attached hydrogens (primary N) is 1. The largest absolute Gasteiger partial charge is 0.460 e. The minimum absolute atomic E-state index is 0.0217. The van der Waals surface area contributed by atoms with Crippen LogP contribution in [0.15, 0.2) is 24.3 Å². The van der Waals surface area contributed by atoms with Crippen molar-refractivity contribution in [1.29, 1.82) is 0 Å². The smallest absolute Gasteiger partial charge is 0.312 e. The molecule has 13 heteroatoms. The number of esters is 1. The number of urea groups is 1. The molecule has 0 fully saturated rings. The standard InChI is InChI=1S/C34H56N6O7/c1-22(2)20-28(42)36-18-10-8-9-13-27(41)40-29(23(3)4)31(44)39-26(12-11-19-37-33(35)46)30(43)38-25-16-14-24(15-17-25)21-47-32(45)34(5,6)7/h14-17,22-23,26,29H,8-13,18-21H2,1-7H3,(H,36,42)(H,38,43)(H,39,44)(H,40,41)(H3,35,37,46)/t26-,29?/m0/s1. The Morgan fingerprint density at radius 3 is 2.00 bits per heavy atom. The summed E-state index contributed by atoms with van der Waals surface area (Å²) >= 11 is 0. The van der Waals surface area contributed by atoms with E-state index in [1.165, 1.54) is 0 Å². The number of unbranched alkanes of at least 4 members (excludes halogenated alkanes) is 2. The number of carbonyl (C=O) groups excluding carboxylic acids is 6. The second-order valence-electron chi connectivity index (χ2n) is 13.6. The highest BCUT2D eigenvalue weighted by Gasteiger charge is 2.29. The molecule has 0 aliphatic rings. The first-order valence-corrected chi connectivity index (χ1v) is 16.5.